The summed E-state index contributed by atoms with van der Waals surface area (Å²) >= 11 is 2.21. The fourth-order valence-electron chi connectivity index (χ4n) is 1.63. The number of hydrogen-bond acceptors (Lipinski definition) is 2. The number of nitrogens with zero attached hydrogens (tertiary/aromatic N) is 1. The zero-order chi connectivity index (χ0) is 9.97. The Morgan fingerprint density at radius 1 is 1.29 bits per heavy atom. The minimum absolute atomic E-state index is 0.118. The zero-order valence-electron chi connectivity index (χ0n) is 7.76. The van der Waals surface area contributed by atoms with E-state index in [-0.39, 0.29) is 5.82 Å². The molecule has 76 valence electrons. The summed E-state index contributed by atoms with van der Waals surface area (Å²) < 4.78 is 14.6. The number of nitrogens with one attached hydrogen (secondary N) is 1. The second kappa shape index (κ2) is 4.44. The molecule has 14 heavy (non-hydrogen) atoms. The number of anilines is 1. The number of halogens is 2. The van der Waals surface area contributed by atoms with Crippen molar-refractivity contribution in [1.82, 2.24) is 5.32 Å². The Balaban J connectivity index is 2.24. The molecule has 1 heterocycles. The van der Waals surface area contributed by atoms with E-state index in [4.69, 9.17) is 0 Å². The second-order valence-electron chi connectivity index (χ2n) is 3.33. The molecular formula is C10H12FIN2. The van der Waals surface area contributed by atoms with Gasteiger partial charge in [0.1, 0.15) is 5.82 Å². The zero-order valence-corrected chi connectivity index (χ0v) is 9.92. The van der Waals surface area contributed by atoms with Crippen molar-refractivity contribution in [2.24, 2.45) is 0 Å². The summed E-state index contributed by atoms with van der Waals surface area (Å²) in [5.74, 6) is -0.118. The molecule has 1 aliphatic heterocycles. The molecule has 1 aromatic rings. The van der Waals surface area contributed by atoms with Gasteiger partial charge in [-0.25, -0.2) is 4.39 Å². The predicted octanol–water partition coefficient (Wildman–Crippen LogP) is 1.84. The van der Waals surface area contributed by atoms with Crippen molar-refractivity contribution in [2.45, 2.75) is 0 Å². The number of rotatable bonds is 1. The molecule has 1 N–H and O–H groups in total. The number of piperazine rings is 1. The predicted molar refractivity (Wildman–Crippen MR) is 64.2 cm³/mol. The van der Waals surface area contributed by atoms with E-state index >= 15 is 0 Å². The van der Waals surface area contributed by atoms with E-state index in [0.29, 0.717) is 0 Å². The molecule has 4 heteroatoms. The van der Waals surface area contributed by atoms with Crippen molar-refractivity contribution in [2.75, 3.05) is 31.1 Å². The maximum atomic E-state index is 13.5. The largest absolute Gasteiger partial charge is 0.367 e. The highest BCUT2D eigenvalue weighted by molar-refractivity contribution is 14.1. The van der Waals surface area contributed by atoms with Gasteiger partial charge in [0.25, 0.3) is 0 Å². The van der Waals surface area contributed by atoms with E-state index < -0.39 is 0 Å². The molecule has 0 unspecified atom stereocenters. The van der Waals surface area contributed by atoms with Gasteiger partial charge in [-0.15, -0.1) is 0 Å². The van der Waals surface area contributed by atoms with Crippen LogP contribution in [0.4, 0.5) is 10.1 Å². The molecule has 0 aliphatic carbocycles. The average molecular weight is 306 g/mol. The van der Waals surface area contributed by atoms with Crippen LogP contribution >= 0.6 is 22.6 Å². The van der Waals surface area contributed by atoms with E-state index in [1.807, 2.05) is 6.07 Å². The Morgan fingerprint density at radius 2 is 2.00 bits per heavy atom. The van der Waals surface area contributed by atoms with Crippen molar-refractivity contribution in [3.63, 3.8) is 0 Å². The van der Waals surface area contributed by atoms with Crippen LogP contribution in [0.25, 0.3) is 0 Å². The smallest absolute Gasteiger partial charge is 0.146 e. The first-order chi connectivity index (χ1) is 6.77. The normalized spacial score (nSPS) is 17.1. The lowest BCUT2D eigenvalue weighted by molar-refractivity contribution is 0.566. The number of hydrogen-bond donors (Lipinski definition) is 1. The van der Waals surface area contributed by atoms with Crippen molar-refractivity contribution >= 4 is 28.3 Å². The molecule has 0 atom stereocenters. The summed E-state index contributed by atoms with van der Waals surface area (Å²) in [6, 6.07) is 5.24. The Labute approximate surface area is 96.6 Å². The van der Waals surface area contributed by atoms with Crippen molar-refractivity contribution in [3.8, 4) is 0 Å². The van der Waals surface area contributed by atoms with Crippen LogP contribution in [-0.2, 0) is 0 Å². The Morgan fingerprint density at radius 3 is 2.71 bits per heavy atom. The monoisotopic (exact) mass is 306 g/mol. The highest BCUT2D eigenvalue weighted by atomic mass is 127. The van der Waals surface area contributed by atoms with Gasteiger partial charge < -0.3 is 10.2 Å². The average Bonchev–Trinajstić information content (AvgIpc) is 2.23. The van der Waals surface area contributed by atoms with Crippen LogP contribution in [0.1, 0.15) is 0 Å². The Bertz CT molecular complexity index is 324. The fourth-order valence-corrected chi connectivity index (χ4v) is 2.11. The van der Waals surface area contributed by atoms with Crippen LogP contribution < -0.4 is 10.2 Å². The third kappa shape index (κ3) is 2.17. The van der Waals surface area contributed by atoms with Crippen LogP contribution in [0.2, 0.25) is 0 Å². The maximum Gasteiger partial charge on any atom is 0.146 e. The van der Waals surface area contributed by atoms with Crippen LogP contribution in [0, 0.1) is 9.39 Å². The van der Waals surface area contributed by atoms with Gasteiger partial charge in [-0.1, -0.05) is 0 Å². The van der Waals surface area contributed by atoms with Gasteiger partial charge in [-0.2, -0.15) is 0 Å². The minimum atomic E-state index is -0.118. The molecule has 0 saturated carbocycles. The number of benzene rings is 1. The molecule has 1 saturated heterocycles. The summed E-state index contributed by atoms with van der Waals surface area (Å²) in [6.45, 7) is 3.64. The topological polar surface area (TPSA) is 15.3 Å². The second-order valence-corrected chi connectivity index (χ2v) is 4.58. The summed E-state index contributed by atoms with van der Waals surface area (Å²) in [6.07, 6.45) is 0. The van der Waals surface area contributed by atoms with E-state index in [1.54, 1.807) is 12.1 Å². The van der Waals surface area contributed by atoms with Gasteiger partial charge in [0.05, 0.1) is 5.69 Å². The Hall–Kier alpha value is -0.360. The van der Waals surface area contributed by atoms with Gasteiger partial charge in [0, 0.05) is 29.7 Å². The minimum Gasteiger partial charge on any atom is -0.367 e. The van der Waals surface area contributed by atoms with Gasteiger partial charge in [-0.05, 0) is 40.8 Å². The highest BCUT2D eigenvalue weighted by Crippen LogP contribution is 2.22. The first-order valence-electron chi connectivity index (χ1n) is 4.68. The van der Waals surface area contributed by atoms with Gasteiger partial charge >= 0.3 is 0 Å². The van der Waals surface area contributed by atoms with Crippen LogP contribution in [0.5, 0.6) is 0 Å². The standard InChI is InChI=1S/C10H12FIN2/c11-9-2-1-8(12)7-10(9)14-5-3-13-4-6-14/h1-2,7,13H,3-6H2. The van der Waals surface area contributed by atoms with Gasteiger partial charge in [-0.3, -0.25) is 0 Å². The molecule has 0 spiro atoms. The summed E-state index contributed by atoms with van der Waals surface area (Å²) in [5.41, 5.74) is 0.735. The van der Waals surface area contributed by atoms with Crippen LogP contribution in [-0.4, -0.2) is 26.2 Å². The van der Waals surface area contributed by atoms with Crippen LogP contribution in [0.3, 0.4) is 0 Å². The van der Waals surface area contributed by atoms with E-state index in [1.165, 1.54) is 0 Å². The lowest BCUT2D eigenvalue weighted by Gasteiger charge is -2.29. The summed E-state index contributed by atoms with van der Waals surface area (Å²) in [7, 11) is 0. The molecule has 1 aromatic carbocycles. The third-order valence-electron chi connectivity index (χ3n) is 2.37. The summed E-state index contributed by atoms with van der Waals surface area (Å²) in [5, 5.41) is 3.25. The molecule has 2 rings (SSSR count). The molecule has 0 amide bonds. The lowest BCUT2D eigenvalue weighted by Crippen LogP contribution is -2.43. The van der Waals surface area contributed by atoms with Crippen molar-refractivity contribution in [1.29, 1.82) is 0 Å². The molecule has 1 aliphatic rings. The third-order valence-corrected chi connectivity index (χ3v) is 3.04. The quantitative estimate of drug-likeness (QED) is 0.797. The summed E-state index contributed by atoms with van der Waals surface area (Å²) in [4.78, 5) is 2.09. The maximum absolute atomic E-state index is 13.5. The highest BCUT2D eigenvalue weighted by Gasteiger charge is 2.14. The first-order valence-corrected chi connectivity index (χ1v) is 5.76. The van der Waals surface area contributed by atoms with Gasteiger partial charge in [0.15, 0.2) is 0 Å². The van der Waals surface area contributed by atoms with Gasteiger partial charge in [0.2, 0.25) is 0 Å². The van der Waals surface area contributed by atoms with Crippen molar-refractivity contribution < 1.29 is 4.39 Å². The molecule has 2 nitrogen and oxygen atoms in total. The Kier molecular flexibility index (Phi) is 3.22. The fraction of sp³-hybridized carbons (Fsp3) is 0.400. The molecular weight excluding hydrogens is 294 g/mol. The van der Waals surface area contributed by atoms with Crippen LogP contribution in [0.15, 0.2) is 18.2 Å². The SMILES string of the molecule is Fc1ccc(I)cc1N1CCNCC1. The van der Waals surface area contributed by atoms with E-state index in [2.05, 4.69) is 32.8 Å². The van der Waals surface area contributed by atoms with E-state index in [9.17, 15) is 4.39 Å². The van der Waals surface area contributed by atoms with E-state index in [0.717, 1.165) is 35.4 Å². The molecule has 1 fully saturated rings. The molecule has 0 aromatic heterocycles. The first kappa shape index (κ1) is 10.2. The van der Waals surface area contributed by atoms with Crippen molar-refractivity contribution in [3.05, 3.63) is 27.6 Å². The molecule has 0 bridgehead atoms. The molecule has 0 radical (unpaired) electrons. The lowest BCUT2D eigenvalue weighted by atomic mass is 10.2.